The SMILES string of the molecule is CN1CCN(Cc2ncccc2N)C(c2ccccc2)C1. The largest absolute Gasteiger partial charge is 0.397 e. The van der Waals surface area contributed by atoms with E-state index in [4.69, 9.17) is 5.73 Å². The average molecular weight is 282 g/mol. The highest BCUT2D eigenvalue weighted by atomic mass is 15.3. The number of hydrogen-bond acceptors (Lipinski definition) is 4. The summed E-state index contributed by atoms with van der Waals surface area (Å²) in [4.78, 5) is 9.30. The molecule has 2 N–H and O–H groups in total. The zero-order chi connectivity index (χ0) is 14.7. The Hall–Kier alpha value is -1.91. The van der Waals surface area contributed by atoms with Gasteiger partial charge in [-0.2, -0.15) is 0 Å². The summed E-state index contributed by atoms with van der Waals surface area (Å²) in [5.41, 5.74) is 9.17. The third kappa shape index (κ3) is 3.23. The summed E-state index contributed by atoms with van der Waals surface area (Å²) >= 11 is 0. The summed E-state index contributed by atoms with van der Waals surface area (Å²) in [6.07, 6.45) is 1.82. The third-order valence-corrected chi connectivity index (χ3v) is 4.16. The van der Waals surface area contributed by atoms with Gasteiger partial charge in [-0.15, -0.1) is 0 Å². The summed E-state index contributed by atoms with van der Waals surface area (Å²) in [7, 11) is 2.18. The monoisotopic (exact) mass is 282 g/mol. The number of rotatable bonds is 3. The van der Waals surface area contributed by atoms with E-state index in [1.165, 1.54) is 5.56 Å². The number of anilines is 1. The first kappa shape index (κ1) is 14.0. The molecule has 1 aliphatic rings. The maximum atomic E-state index is 6.05. The molecule has 21 heavy (non-hydrogen) atoms. The molecule has 1 aromatic carbocycles. The van der Waals surface area contributed by atoms with Crippen LogP contribution >= 0.6 is 0 Å². The zero-order valence-corrected chi connectivity index (χ0v) is 12.4. The van der Waals surface area contributed by atoms with Crippen molar-refractivity contribution in [1.29, 1.82) is 0 Å². The predicted molar refractivity (Wildman–Crippen MR) is 85.7 cm³/mol. The van der Waals surface area contributed by atoms with Crippen LogP contribution in [-0.2, 0) is 6.54 Å². The van der Waals surface area contributed by atoms with Crippen molar-refractivity contribution in [3.8, 4) is 0 Å². The minimum atomic E-state index is 0.395. The van der Waals surface area contributed by atoms with Gasteiger partial charge in [0.25, 0.3) is 0 Å². The number of pyridine rings is 1. The van der Waals surface area contributed by atoms with E-state index in [1.54, 1.807) is 0 Å². The standard InChI is InChI=1S/C17H22N4/c1-20-10-11-21(12-16-15(18)8-5-9-19-16)17(13-20)14-6-3-2-4-7-14/h2-9,17H,10-13,18H2,1H3. The molecule has 1 saturated heterocycles. The number of benzene rings is 1. The lowest BCUT2D eigenvalue weighted by Gasteiger charge is -2.40. The Kier molecular flexibility index (Phi) is 4.18. The topological polar surface area (TPSA) is 45.4 Å². The molecule has 4 nitrogen and oxygen atoms in total. The van der Waals surface area contributed by atoms with Crippen molar-refractivity contribution in [2.75, 3.05) is 32.4 Å². The molecule has 4 heteroatoms. The maximum Gasteiger partial charge on any atom is 0.0772 e. The van der Waals surface area contributed by atoms with Crippen LogP contribution in [0.3, 0.4) is 0 Å². The van der Waals surface area contributed by atoms with Crippen molar-refractivity contribution < 1.29 is 0 Å². The maximum absolute atomic E-state index is 6.05. The minimum absolute atomic E-state index is 0.395. The van der Waals surface area contributed by atoms with Gasteiger partial charge in [0, 0.05) is 38.4 Å². The summed E-state index contributed by atoms with van der Waals surface area (Å²) in [6.45, 7) is 3.96. The van der Waals surface area contributed by atoms with Crippen LogP contribution in [0.5, 0.6) is 0 Å². The molecular formula is C17H22N4. The molecule has 0 bridgehead atoms. The second-order valence-electron chi connectivity index (χ2n) is 5.70. The van der Waals surface area contributed by atoms with Crippen LogP contribution in [0.1, 0.15) is 17.3 Å². The van der Waals surface area contributed by atoms with Gasteiger partial charge in [-0.25, -0.2) is 0 Å². The Morgan fingerprint density at radius 3 is 2.71 bits per heavy atom. The molecule has 0 amide bonds. The van der Waals surface area contributed by atoms with E-state index in [1.807, 2.05) is 18.3 Å². The Bertz CT molecular complexity index is 584. The van der Waals surface area contributed by atoms with E-state index >= 15 is 0 Å². The second-order valence-corrected chi connectivity index (χ2v) is 5.70. The van der Waals surface area contributed by atoms with Gasteiger partial charge in [-0.1, -0.05) is 30.3 Å². The van der Waals surface area contributed by atoms with Gasteiger partial charge in [0.1, 0.15) is 0 Å². The smallest absolute Gasteiger partial charge is 0.0772 e. The number of piperazine rings is 1. The first-order valence-electron chi connectivity index (χ1n) is 7.41. The Morgan fingerprint density at radius 2 is 1.95 bits per heavy atom. The van der Waals surface area contributed by atoms with E-state index in [-0.39, 0.29) is 0 Å². The van der Waals surface area contributed by atoms with Gasteiger partial charge < -0.3 is 10.6 Å². The predicted octanol–water partition coefficient (Wildman–Crippen LogP) is 2.15. The lowest BCUT2D eigenvalue weighted by atomic mass is 10.0. The molecule has 1 atom stereocenters. The molecule has 0 aliphatic carbocycles. The van der Waals surface area contributed by atoms with Crippen LogP contribution in [-0.4, -0.2) is 41.5 Å². The highest BCUT2D eigenvalue weighted by Gasteiger charge is 2.27. The van der Waals surface area contributed by atoms with E-state index in [9.17, 15) is 0 Å². The molecule has 3 rings (SSSR count). The second kappa shape index (κ2) is 6.24. The summed E-state index contributed by atoms with van der Waals surface area (Å²) < 4.78 is 0. The number of likely N-dealkylation sites (N-methyl/N-ethyl adjacent to an activating group) is 1. The summed E-state index contributed by atoms with van der Waals surface area (Å²) in [5, 5.41) is 0. The van der Waals surface area contributed by atoms with Crippen molar-refractivity contribution in [2.24, 2.45) is 0 Å². The molecule has 110 valence electrons. The van der Waals surface area contributed by atoms with Crippen molar-refractivity contribution in [2.45, 2.75) is 12.6 Å². The van der Waals surface area contributed by atoms with Gasteiger partial charge in [-0.05, 0) is 24.7 Å². The number of nitrogen functional groups attached to an aromatic ring is 1. The van der Waals surface area contributed by atoms with Crippen LogP contribution in [0.15, 0.2) is 48.7 Å². The molecule has 1 fully saturated rings. The third-order valence-electron chi connectivity index (χ3n) is 4.16. The van der Waals surface area contributed by atoms with Crippen molar-refractivity contribution in [3.05, 3.63) is 59.9 Å². The summed E-state index contributed by atoms with van der Waals surface area (Å²) in [5.74, 6) is 0. The van der Waals surface area contributed by atoms with Crippen LogP contribution in [0, 0.1) is 0 Å². The van der Waals surface area contributed by atoms with Crippen LogP contribution in [0.2, 0.25) is 0 Å². The number of nitrogens with zero attached hydrogens (tertiary/aromatic N) is 3. The minimum Gasteiger partial charge on any atom is -0.397 e. The van der Waals surface area contributed by atoms with Gasteiger partial charge in [0.05, 0.1) is 11.4 Å². The molecule has 1 aromatic heterocycles. The van der Waals surface area contributed by atoms with Crippen LogP contribution < -0.4 is 5.73 Å². The molecule has 0 spiro atoms. The van der Waals surface area contributed by atoms with Crippen molar-refractivity contribution in [1.82, 2.24) is 14.8 Å². The molecule has 0 saturated carbocycles. The molecule has 1 unspecified atom stereocenters. The molecule has 2 heterocycles. The van der Waals surface area contributed by atoms with Crippen LogP contribution in [0.25, 0.3) is 0 Å². The van der Waals surface area contributed by atoms with E-state index < -0.39 is 0 Å². The number of aromatic nitrogens is 1. The van der Waals surface area contributed by atoms with Gasteiger partial charge >= 0.3 is 0 Å². The summed E-state index contributed by atoms with van der Waals surface area (Å²) in [6, 6.07) is 14.9. The first-order chi connectivity index (χ1) is 10.2. The Labute approximate surface area is 126 Å². The first-order valence-corrected chi connectivity index (χ1v) is 7.41. The zero-order valence-electron chi connectivity index (χ0n) is 12.4. The molecule has 1 aliphatic heterocycles. The average Bonchev–Trinajstić information content (AvgIpc) is 2.52. The highest BCUT2D eigenvalue weighted by molar-refractivity contribution is 5.41. The normalized spacial score (nSPS) is 20.5. The van der Waals surface area contributed by atoms with Crippen LogP contribution in [0.4, 0.5) is 5.69 Å². The van der Waals surface area contributed by atoms with E-state index in [2.05, 4.69) is 52.2 Å². The van der Waals surface area contributed by atoms with Gasteiger partial charge in [0.2, 0.25) is 0 Å². The number of hydrogen-bond donors (Lipinski definition) is 1. The van der Waals surface area contributed by atoms with E-state index in [0.29, 0.717) is 6.04 Å². The molecule has 0 radical (unpaired) electrons. The number of nitrogens with two attached hydrogens (primary N) is 1. The Morgan fingerprint density at radius 1 is 1.14 bits per heavy atom. The van der Waals surface area contributed by atoms with E-state index in [0.717, 1.165) is 37.6 Å². The fraction of sp³-hybridized carbons (Fsp3) is 0.353. The van der Waals surface area contributed by atoms with Crippen molar-refractivity contribution in [3.63, 3.8) is 0 Å². The van der Waals surface area contributed by atoms with Gasteiger partial charge in [0.15, 0.2) is 0 Å². The molecule has 2 aromatic rings. The quantitative estimate of drug-likeness (QED) is 0.937. The lowest BCUT2D eigenvalue weighted by Crippen LogP contribution is -2.46. The fourth-order valence-corrected chi connectivity index (χ4v) is 2.91. The van der Waals surface area contributed by atoms with Gasteiger partial charge in [-0.3, -0.25) is 9.88 Å². The lowest BCUT2D eigenvalue weighted by molar-refractivity contribution is 0.0825. The Balaban J connectivity index is 1.83. The highest BCUT2D eigenvalue weighted by Crippen LogP contribution is 2.27. The fourth-order valence-electron chi connectivity index (χ4n) is 2.91. The molecular weight excluding hydrogens is 260 g/mol. The van der Waals surface area contributed by atoms with Crippen molar-refractivity contribution >= 4 is 5.69 Å².